The number of anilines is 1. The minimum atomic E-state index is -0.547. The van der Waals surface area contributed by atoms with Gasteiger partial charge in [-0.1, -0.05) is 0 Å². The summed E-state index contributed by atoms with van der Waals surface area (Å²) in [4.78, 5) is 46.1. The molecule has 0 spiro atoms. The minimum Gasteiger partial charge on any atom is -0.353 e. The molecule has 0 radical (unpaired) electrons. The third-order valence-electron chi connectivity index (χ3n) is 3.71. The molecule has 1 saturated heterocycles. The van der Waals surface area contributed by atoms with Crippen LogP contribution in [-0.2, 0) is 14.1 Å². The van der Waals surface area contributed by atoms with Gasteiger partial charge in [0.2, 0.25) is 0 Å². The quantitative estimate of drug-likeness (QED) is 0.682. The fourth-order valence-electron chi connectivity index (χ4n) is 2.46. The molecule has 0 N–H and O–H groups in total. The Balaban J connectivity index is 2.32. The highest BCUT2D eigenvalue weighted by Crippen LogP contribution is 2.21. The first-order valence-corrected chi connectivity index (χ1v) is 7.95. The molecule has 0 bridgehead atoms. The molecule has 2 aromatic rings. The van der Waals surface area contributed by atoms with Crippen LogP contribution in [0.2, 0.25) is 0 Å². The molecule has 2 aromatic heterocycles. The van der Waals surface area contributed by atoms with Crippen LogP contribution in [0.3, 0.4) is 0 Å². The zero-order chi connectivity index (χ0) is 15.9. The lowest BCUT2D eigenvalue weighted by molar-refractivity contribution is 0.111. The van der Waals surface area contributed by atoms with Crippen LogP contribution in [0.1, 0.15) is 10.5 Å². The maximum Gasteiger partial charge on any atom is 0.332 e. The highest BCUT2D eigenvalue weighted by atomic mass is 32.2. The summed E-state index contributed by atoms with van der Waals surface area (Å²) < 4.78 is 2.24. The molecule has 1 aliphatic rings. The Morgan fingerprint density at radius 2 is 1.77 bits per heavy atom. The zero-order valence-corrected chi connectivity index (χ0v) is 13.1. The highest BCUT2D eigenvalue weighted by molar-refractivity contribution is 7.99. The Hall–Kier alpha value is -2.16. The number of carbonyl (C=O) groups is 1. The number of nitrogens with zero attached hydrogens (tertiary/aromatic N) is 5. The third kappa shape index (κ3) is 2.21. The largest absolute Gasteiger partial charge is 0.353 e. The topological polar surface area (TPSA) is 90.1 Å². The van der Waals surface area contributed by atoms with Gasteiger partial charge in [0.25, 0.3) is 5.56 Å². The van der Waals surface area contributed by atoms with Gasteiger partial charge in [0, 0.05) is 38.7 Å². The van der Waals surface area contributed by atoms with Crippen molar-refractivity contribution in [1.29, 1.82) is 0 Å². The molecule has 0 atom stereocenters. The molecule has 0 aliphatic carbocycles. The molecule has 0 aromatic carbocycles. The number of hydrogen-bond acceptors (Lipinski definition) is 7. The molecule has 8 nitrogen and oxygen atoms in total. The third-order valence-corrected chi connectivity index (χ3v) is 4.65. The summed E-state index contributed by atoms with van der Waals surface area (Å²) in [7, 11) is 2.91. The number of thioether (sulfide) groups is 1. The van der Waals surface area contributed by atoms with Crippen LogP contribution >= 0.6 is 11.8 Å². The number of aromatic nitrogens is 4. The Morgan fingerprint density at radius 1 is 1.09 bits per heavy atom. The van der Waals surface area contributed by atoms with Crippen molar-refractivity contribution in [3.63, 3.8) is 0 Å². The maximum atomic E-state index is 12.2. The first-order valence-electron chi connectivity index (χ1n) is 6.80. The number of carbonyl (C=O) groups excluding carboxylic acids is 1. The summed E-state index contributed by atoms with van der Waals surface area (Å²) in [5.74, 6) is 2.31. The van der Waals surface area contributed by atoms with Crippen LogP contribution in [0.25, 0.3) is 11.2 Å². The van der Waals surface area contributed by atoms with Crippen molar-refractivity contribution < 1.29 is 4.79 Å². The van der Waals surface area contributed by atoms with Gasteiger partial charge in [0.05, 0.1) is 0 Å². The van der Waals surface area contributed by atoms with Gasteiger partial charge in [-0.25, -0.2) is 14.8 Å². The number of hydrogen-bond donors (Lipinski definition) is 0. The molecule has 116 valence electrons. The molecule has 3 heterocycles. The van der Waals surface area contributed by atoms with E-state index in [0.29, 0.717) is 12.1 Å². The lowest BCUT2D eigenvalue weighted by Crippen LogP contribution is -2.39. The van der Waals surface area contributed by atoms with Gasteiger partial charge < -0.3 is 4.90 Å². The summed E-state index contributed by atoms with van der Waals surface area (Å²) in [6.07, 6.45) is 0.605. The lowest BCUT2D eigenvalue weighted by atomic mass is 10.3. The van der Waals surface area contributed by atoms with E-state index in [-0.39, 0.29) is 16.9 Å². The van der Waals surface area contributed by atoms with Crippen LogP contribution in [0.5, 0.6) is 0 Å². The van der Waals surface area contributed by atoms with E-state index in [1.807, 2.05) is 16.7 Å². The molecular weight excluding hydrogens is 306 g/mol. The van der Waals surface area contributed by atoms with Crippen molar-refractivity contribution in [2.75, 3.05) is 29.5 Å². The van der Waals surface area contributed by atoms with Crippen LogP contribution in [0.4, 0.5) is 5.82 Å². The van der Waals surface area contributed by atoms with E-state index in [4.69, 9.17) is 0 Å². The van der Waals surface area contributed by atoms with Crippen molar-refractivity contribution >= 4 is 35.0 Å². The summed E-state index contributed by atoms with van der Waals surface area (Å²) in [5, 5.41) is 0. The smallest absolute Gasteiger partial charge is 0.332 e. The van der Waals surface area contributed by atoms with E-state index in [1.165, 1.54) is 18.7 Å². The van der Waals surface area contributed by atoms with Gasteiger partial charge in [0.15, 0.2) is 23.3 Å². The van der Waals surface area contributed by atoms with Crippen molar-refractivity contribution in [2.45, 2.75) is 0 Å². The monoisotopic (exact) mass is 321 g/mol. The van der Waals surface area contributed by atoms with Crippen LogP contribution in [0.15, 0.2) is 9.59 Å². The fraction of sp³-hybridized carbons (Fsp3) is 0.462. The number of aldehydes is 1. The van der Waals surface area contributed by atoms with E-state index in [2.05, 4.69) is 9.97 Å². The predicted molar refractivity (Wildman–Crippen MR) is 84.9 cm³/mol. The molecule has 1 aliphatic heterocycles. The molecule has 0 unspecified atom stereocenters. The number of fused-ring (bicyclic) bond motifs is 1. The Labute approximate surface area is 129 Å². The van der Waals surface area contributed by atoms with Crippen LogP contribution in [0, 0.1) is 0 Å². The number of rotatable bonds is 2. The standard InChI is InChI=1S/C13H15N5O3S/c1-16-11-9(12(20)17(2)13(16)21)14-8(7-19)10(15-11)18-3-5-22-6-4-18/h7H,3-6H2,1-2H3. The number of aryl methyl sites for hydroxylation is 1. The molecule has 9 heteroatoms. The van der Waals surface area contributed by atoms with Crippen molar-refractivity contribution in [3.05, 3.63) is 26.5 Å². The van der Waals surface area contributed by atoms with Gasteiger partial charge in [-0.15, -0.1) is 0 Å². The highest BCUT2D eigenvalue weighted by Gasteiger charge is 2.21. The van der Waals surface area contributed by atoms with Crippen LogP contribution < -0.4 is 16.1 Å². The van der Waals surface area contributed by atoms with E-state index in [1.54, 1.807) is 0 Å². The van der Waals surface area contributed by atoms with Crippen LogP contribution in [-0.4, -0.2) is 50.0 Å². The van der Waals surface area contributed by atoms with Crippen molar-refractivity contribution in [2.24, 2.45) is 14.1 Å². The molecule has 3 rings (SSSR count). The normalized spacial score (nSPS) is 15.3. The molecule has 0 saturated carbocycles. The predicted octanol–water partition coefficient (Wildman–Crippen LogP) is -0.607. The van der Waals surface area contributed by atoms with E-state index >= 15 is 0 Å². The van der Waals surface area contributed by atoms with Gasteiger partial charge in [-0.3, -0.25) is 18.7 Å². The van der Waals surface area contributed by atoms with Gasteiger partial charge in [-0.05, 0) is 0 Å². The second-order valence-corrected chi connectivity index (χ2v) is 6.25. The van der Waals surface area contributed by atoms with Gasteiger partial charge in [0.1, 0.15) is 5.69 Å². The average molecular weight is 321 g/mol. The first kappa shape index (κ1) is 14.8. The van der Waals surface area contributed by atoms with E-state index in [0.717, 1.165) is 29.2 Å². The van der Waals surface area contributed by atoms with Gasteiger partial charge in [-0.2, -0.15) is 11.8 Å². The lowest BCUT2D eigenvalue weighted by Gasteiger charge is -2.28. The molecule has 0 amide bonds. The summed E-state index contributed by atoms with van der Waals surface area (Å²) in [6, 6.07) is 0. The molecule has 22 heavy (non-hydrogen) atoms. The molecule has 1 fully saturated rings. The summed E-state index contributed by atoms with van der Waals surface area (Å²) in [6.45, 7) is 1.51. The minimum absolute atomic E-state index is 0.0295. The Morgan fingerprint density at radius 3 is 2.41 bits per heavy atom. The van der Waals surface area contributed by atoms with Crippen molar-refractivity contribution in [3.8, 4) is 0 Å². The Bertz CT molecular complexity index is 867. The van der Waals surface area contributed by atoms with E-state index in [9.17, 15) is 14.4 Å². The zero-order valence-electron chi connectivity index (χ0n) is 12.3. The second-order valence-electron chi connectivity index (χ2n) is 5.03. The Kier molecular flexibility index (Phi) is 3.73. The molecular formula is C13H15N5O3S. The van der Waals surface area contributed by atoms with Gasteiger partial charge >= 0.3 is 5.69 Å². The van der Waals surface area contributed by atoms with Crippen molar-refractivity contribution in [1.82, 2.24) is 19.1 Å². The fourth-order valence-corrected chi connectivity index (χ4v) is 3.36. The summed E-state index contributed by atoms with van der Waals surface area (Å²) >= 11 is 1.83. The second kappa shape index (κ2) is 5.56. The maximum absolute atomic E-state index is 12.2. The van der Waals surface area contributed by atoms with E-state index < -0.39 is 11.2 Å². The first-order chi connectivity index (χ1) is 10.5. The summed E-state index contributed by atoms with van der Waals surface area (Å²) in [5.41, 5.74) is -0.649. The average Bonchev–Trinajstić information content (AvgIpc) is 2.57. The SMILES string of the molecule is Cn1c(=O)c2nc(C=O)c(N3CCSCC3)nc2n(C)c1=O.